The summed E-state index contributed by atoms with van der Waals surface area (Å²) in [6.07, 6.45) is -0.529. The maximum Gasteiger partial charge on any atom is 0.317 e. The predicted molar refractivity (Wildman–Crippen MR) is 72.7 cm³/mol. The topological polar surface area (TPSA) is 52.6 Å². The average molecular weight is 271 g/mol. The van der Waals surface area contributed by atoms with Crippen molar-refractivity contribution in [1.82, 2.24) is 10.2 Å². The van der Waals surface area contributed by atoms with Crippen LogP contribution in [-0.2, 0) is 6.54 Å². The highest BCUT2D eigenvalue weighted by Gasteiger charge is 2.10. The van der Waals surface area contributed by atoms with E-state index in [1.165, 1.54) is 4.90 Å². The standard InChI is InChI=1S/C13H19ClN2O2/c1-9-6-11(4-5-12(9)14)7-15-13(18)16(3)8-10(2)17/h4-6,10,17H,7-8H2,1-3H3,(H,15,18)/t10-/m1/s1. The van der Waals surface area contributed by atoms with Crippen LogP contribution in [0.4, 0.5) is 4.79 Å². The van der Waals surface area contributed by atoms with E-state index >= 15 is 0 Å². The molecule has 0 heterocycles. The number of hydrogen-bond acceptors (Lipinski definition) is 2. The Morgan fingerprint density at radius 2 is 2.22 bits per heavy atom. The zero-order chi connectivity index (χ0) is 13.7. The lowest BCUT2D eigenvalue weighted by molar-refractivity contribution is 0.143. The Labute approximate surface area is 113 Å². The molecule has 1 atom stereocenters. The number of amides is 2. The van der Waals surface area contributed by atoms with Gasteiger partial charge in [-0.15, -0.1) is 0 Å². The molecule has 0 spiro atoms. The van der Waals surface area contributed by atoms with Gasteiger partial charge in [0, 0.05) is 25.2 Å². The number of benzene rings is 1. The molecule has 1 aromatic rings. The summed E-state index contributed by atoms with van der Waals surface area (Å²) in [5, 5.41) is 12.7. The van der Waals surface area contributed by atoms with E-state index in [0.29, 0.717) is 13.1 Å². The molecular formula is C13H19ClN2O2. The van der Waals surface area contributed by atoms with Crippen molar-refractivity contribution in [3.8, 4) is 0 Å². The van der Waals surface area contributed by atoms with E-state index < -0.39 is 6.10 Å². The van der Waals surface area contributed by atoms with E-state index in [0.717, 1.165) is 16.1 Å². The monoisotopic (exact) mass is 270 g/mol. The van der Waals surface area contributed by atoms with Gasteiger partial charge in [-0.3, -0.25) is 0 Å². The third-order valence-corrected chi connectivity index (χ3v) is 2.97. The molecule has 100 valence electrons. The Hall–Kier alpha value is -1.26. The van der Waals surface area contributed by atoms with E-state index in [1.807, 2.05) is 25.1 Å². The summed E-state index contributed by atoms with van der Waals surface area (Å²) in [6.45, 7) is 4.33. The lowest BCUT2D eigenvalue weighted by atomic mass is 10.1. The number of nitrogens with zero attached hydrogens (tertiary/aromatic N) is 1. The molecule has 0 aliphatic rings. The number of aliphatic hydroxyl groups excluding tert-OH is 1. The van der Waals surface area contributed by atoms with E-state index in [4.69, 9.17) is 11.6 Å². The van der Waals surface area contributed by atoms with E-state index in [-0.39, 0.29) is 6.03 Å². The Balaban J connectivity index is 2.49. The Morgan fingerprint density at radius 1 is 1.56 bits per heavy atom. The summed E-state index contributed by atoms with van der Waals surface area (Å²) >= 11 is 5.93. The molecule has 2 N–H and O–H groups in total. The molecule has 0 aromatic heterocycles. The number of halogens is 1. The van der Waals surface area contributed by atoms with Gasteiger partial charge < -0.3 is 15.3 Å². The maximum absolute atomic E-state index is 11.7. The number of aryl methyl sites for hydroxylation is 1. The van der Waals surface area contributed by atoms with Gasteiger partial charge in [0.15, 0.2) is 0 Å². The van der Waals surface area contributed by atoms with Crippen LogP contribution in [0.2, 0.25) is 5.02 Å². The van der Waals surface area contributed by atoms with Crippen LogP contribution in [0.15, 0.2) is 18.2 Å². The van der Waals surface area contributed by atoms with Crippen molar-refractivity contribution in [1.29, 1.82) is 0 Å². The molecule has 0 unspecified atom stereocenters. The first-order chi connectivity index (χ1) is 8.40. The Bertz CT molecular complexity index is 421. The van der Waals surface area contributed by atoms with Crippen molar-refractivity contribution < 1.29 is 9.90 Å². The molecule has 0 aliphatic heterocycles. The largest absolute Gasteiger partial charge is 0.392 e. The first-order valence-electron chi connectivity index (χ1n) is 5.82. The minimum absolute atomic E-state index is 0.205. The van der Waals surface area contributed by atoms with Gasteiger partial charge in [0.25, 0.3) is 0 Å². The van der Waals surface area contributed by atoms with Crippen LogP contribution in [0.5, 0.6) is 0 Å². The zero-order valence-corrected chi connectivity index (χ0v) is 11.7. The van der Waals surface area contributed by atoms with E-state index in [9.17, 15) is 9.90 Å². The van der Waals surface area contributed by atoms with Crippen molar-refractivity contribution in [2.45, 2.75) is 26.5 Å². The van der Waals surface area contributed by atoms with Gasteiger partial charge in [0.2, 0.25) is 0 Å². The summed E-state index contributed by atoms with van der Waals surface area (Å²) in [5.74, 6) is 0. The lowest BCUT2D eigenvalue weighted by Crippen LogP contribution is -2.40. The van der Waals surface area contributed by atoms with Gasteiger partial charge in [-0.1, -0.05) is 23.7 Å². The Morgan fingerprint density at radius 3 is 2.78 bits per heavy atom. The zero-order valence-electron chi connectivity index (χ0n) is 10.9. The van der Waals surface area contributed by atoms with Crippen LogP contribution >= 0.6 is 11.6 Å². The second kappa shape index (κ2) is 6.61. The quantitative estimate of drug-likeness (QED) is 0.881. The van der Waals surface area contributed by atoms with Crippen molar-refractivity contribution in [3.63, 3.8) is 0 Å². The minimum Gasteiger partial charge on any atom is -0.392 e. The lowest BCUT2D eigenvalue weighted by Gasteiger charge is -2.19. The fourth-order valence-electron chi connectivity index (χ4n) is 1.61. The highest BCUT2D eigenvalue weighted by atomic mass is 35.5. The van der Waals surface area contributed by atoms with Crippen molar-refractivity contribution in [2.75, 3.05) is 13.6 Å². The van der Waals surface area contributed by atoms with Crippen molar-refractivity contribution in [2.24, 2.45) is 0 Å². The van der Waals surface area contributed by atoms with Gasteiger partial charge in [0.05, 0.1) is 6.10 Å². The second-order valence-corrected chi connectivity index (χ2v) is 4.88. The van der Waals surface area contributed by atoms with Crippen LogP contribution in [0.1, 0.15) is 18.1 Å². The van der Waals surface area contributed by atoms with Crippen molar-refractivity contribution >= 4 is 17.6 Å². The Kier molecular flexibility index (Phi) is 5.44. The van der Waals surface area contributed by atoms with Crippen LogP contribution in [-0.4, -0.2) is 35.7 Å². The number of carbonyl (C=O) groups excluding carboxylic acids is 1. The van der Waals surface area contributed by atoms with Gasteiger partial charge in [-0.05, 0) is 31.0 Å². The normalized spacial score (nSPS) is 12.1. The van der Waals surface area contributed by atoms with Gasteiger partial charge >= 0.3 is 6.03 Å². The summed E-state index contributed by atoms with van der Waals surface area (Å²) in [7, 11) is 1.65. The highest BCUT2D eigenvalue weighted by molar-refractivity contribution is 6.31. The van der Waals surface area contributed by atoms with E-state index in [1.54, 1.807) is 14.0 Å². The molecule has 4 nitrogen and oxygen atoms in total. The smallest absolute Gasteiger partial charge is 0.317 e. The molecule has 0 radical (unpaired) electrons. The van der Waals surface area contributed by atoms with Crippen LogP contribution in [0.3, 0.4) is 0 Å². The predicted octanol–water partition coefficient (Wildman–Crippen LogP) is 2.17. The molecule has 1 rings (SSSR count). The number of aliphatic hydroxyl groups is 1. The van der Waals surface area contributed by atoms with Gasteiger partial charge in [-0.25, -0.2) is 4.79 Å². The van der Waals surface area contributed by atoms with Crippen molar-refractivity contribution in [3.05, 3.63) is 34.3 Å². The first-order valence-corrected chi connectivity index (χ1v) is 6.20. The molecule has 18 heavy (non-hydrogen) atoms. The third kappa shape index (κ3) is 4.55. The first kappa shape index (κ1) is 14.8. The molecule has 0 saturated carbocycles. The summed E-state index contributed by atoms with van der Waals surface area (Å²) in [4.78, 5) is 13.1. The minimum atomic E-state index is -0.529. The van der Waals surface area contributed by atoms with Gasteiger partial charge in [-0.2, -0.15) is 0 Å². The molecule has 2 amide bonds. The second-order valence-electron chi connectivity index (χ2n) is 4.47. The average Bonchev–Trinajstić information content (AvgIpc) is 2.29. The molecule has 0 bridgehead atoms. The van der Waals surface area contributed by atoms with E-state index in [2.05, 4.69) is 5.32 Å². The van der Waals surface area contributed by atoms with Crippen LogP contribution in [0.25, 0.3) is 0 Å². The maximum atomic E-state index is 11.7. The molecule has 0 saturated heterocycles. The highest BCUT2D eigenvalue weighted by Crippen LogP contribution is 2.16. The summed E-state index contributed by atoms with van der Waals surface area (Å²) in [5.41, 5.74) is 1.98. The fourth-order valence-corrected chi connectivity index (χ4v) is 1.73. The number of nitrogens with one attached hydrogen (secondary N) is 1. The molecular weight excluding hydrogens is 252 g/mol. The molecule has 1 aromatic carbocycles. The SMILES string of the molecule is Cc1cc(CNC(=O)N(C)C[C@@H](C)O)ccc1Cl. The number of urea groups is 1. The number of carbonyl (C=O) groups is 1. The third-order valence-electron chi connectivity index (χ3n) is 2.55. The summed E-state index contributed by atoms with van der Waals surface area (Å²) in [6, 6.07) is 5.43. The number of likely N-dealkylation sites (N-methyl/N-ethyl adjacent to an activating group) is 1. The fraction of sp³-hybridized carbons (Fsp3) is 0.462. The van der Waals surface area contributed by atoms with Crippen LogP contribution in [0, 0.1) is 6.92 Å². The summed E-state index contributed by atoms with van der Waals surface area (Å²) < 4.78 is 0. The molecule has 0 fully saturated rings. The van der Waals surface area contributed by atoms with Gasteiger partial charge in [0.1, 0.15) is 0 Å². The molecule has 0 aliphatic carbocycles. The number of rotatable bonds is 4. The van der Waals surface area contributed by atoms with Crippen LogP contribution < -0.4 is 5.32 Å². The molecule has 5 heteroatoms. The number of hydrogen-bond donors (Lipinski definition) is 2.